The van der Waals surface area contributed by atoms with Crippen LogP contribution in [0.15, 0.2) is 0 Å². The van der Waals surface area contributed by atoms with E-state index in [9.17, 15) is 19.5 Å². The molecule has 0 aliphatic rings. The molecular formula is C11H19NO6. The van der Waals surface area contributed by atoms with Gasteiger partial charge in [0.05, 0.1) is 12.5 Å². The first-order valence-corrected chi connectivity index (χ1v) is 5.78. The average Bonchev–Trinajstić information content (AvgIpc) is 2.23. The van der Waals surface area contributed by atoms with Crippen LogP contribution in [-0.4, -0.2) is 45.3 Å². The second kappa shape index (κ2) is 8.46. The molecule has 0 aliphatic carbocycles. The molecule has 1 unspecified atom stereocenters. The van der Waals surface area contributed by atoms with Crippen molar-refractivity contribution in [3.63, 3.8) is 0 Å². The number of aliphatic hydroxyl groups is 1. The van der Waals surface area contributed by atoms with Crippen LogP contribution >= 0.6 is 0 Å². The summed E-state index contributed by atoms with van der Waals surface area (Å²) in [7, 11) is 0. The van der Waals surface area contributed by atoms with Gasteiger partial charge in [-0.15, -0.1) is 0 Å². The summed E-state index contributed by atoms with van der Waals surface area (Å²) in [6.07, 6.45) is -0.320. The minimum Gasteiger partial charge on any atom is -0.481 e. The third kappa shape index (κ3) is 7.61. The van der Waals surface area contributed by atoms with Gasteiger partial charge in [-0.05, 0) is 12.8 Å². The first-order chi connectivity index (χ1) is 8.36. The van der Waals surface area contributed by atoms with Crippen molar-refractivity contribution in [2.75, 3.05) is 0 Å². The van der Waals surface area contributed by atoms with Gasteiger partial charge in [-0.3, -0.25) is 9.59 Å². The third-order valence-corrected chi connectivity index (χ3v) is 2.32. The summed E-state index contributed by atoms with van der Waals surface area (Å²) in [5.41, 5.74) is 0. The van der Waals surface area contributed by atoms with Gasteiger partial charge in [0, 0.05) is 6.42 Å². The Morgan fingerprint density at radius 2 is 1.78 bits per heavy atom. The second-order valence-corrected chi connectivity index (χ2v) is 4.04. The average molecular weight is 261 g/mol. The lowest BCUT2D eigenvalue weighted by atomic mass is 10.1. The molecule has 7 heteroatoms. The predicted molar refractivity (Wildman–Crippen MR) is 62.0 cm³/mol. The fourth-order valence-corrected chi connectivity index (χ4v) is 1.43. The van der Waals surface area contributed by atoms with Crippen molar-refractivity contribution in [2.45, 2.75) is 51.2 Å². The lowest BCUT2D eigenvalue weighted by molar-refractivity contribution is -0.143. The van der Waals surface area contributed by atoms with Crippen LogP contribution in [0.1, 0.15) is 39.0 Å². The minimum absolute atomic E-state index is 0.176. The summed E-state index contributed by atoms with van der Waals surface area (Å²) in [4.78, 5) is 32.5. The van der Waals surface area contributed by atoms with Gasteiger partial charge in [0.25, 0.3) is 0 Å². The van der Waals surface area contributed by atoms with Crippen LogP contribution in [0.2, 0.25) is 0 Å². The highest BCUT2D eigenvalue weighted by Gasteiger charge is 2.21. The molecule has 0 aromatic carbocycles. The van der Waals surface area contributed by atoms with Crippen LogP contribution in [-0.2, 0) is 14.4 Å². The van der Waals surface area contributed by atoms with Crippen molar-refractivity contribution in [3.05, 3.63) is 0 Å². The Bertz CT molecular complexity index is 304. The minimum atomic E-state index is -1.28. The molecule has 0 saturated heterocycles. The highest BCUT2D eigenvalue weighted by molar-refractivity contribution is 5.84. The summed E-state index contributed by atoms with van der Waals surface area (Å²) < 4.78 is 0. The first-order valence-electron chi connectivity index (χ1n) is 5.78. The molecule has 104 valence electrons. The van der Waals surface area contributed by atoms with Crippen molar-refractivity contribution in [2.24, 2.45) is 0 Å². The largest absolute Gasteiger partial charge is 0.481 e. The van der Waals surface area contributed by atoms with E-state index in [1.807, 2.05) is 6.92 Å². The number of hydrogen-bond acceptors (Lipinski definition) is 4. The van der Waals surface area contributed by atoms with E-state index in [1.54, 1.807) is 0 Å². The summed E-state index contributed by atoms with van der Waals surface area (Å²) in [6.45, 7) is 1.86. The third-order valence-electron chi connectivity index (χ3n) is 2.32. The summed E-state index contributed by atoms with van der Waals surface area (Å²) in [6, 6.07) is -1.23. The maximum Gasteiger partial charge on any atom is 0.326 e. The highest BCUT2D eigenvalue weighted by Crippen LogP contribution is 2.03. The molecule has 0 saturated carbocycles. The normalized spacial score (nSPS) is 13.7. The van der Waals surface area contributed by atoms with E-state index in [0.717, 1.165) is 6.42 Å². The molecule has 0 fully saturated rings. The molecule has 0 spiro atoms. The Hall–Kier alpha value is -1.63. The van der Waals surface area contributed by atoms with Gasteiger partial charge in [0.2, 0.25) is 5.91 Å². The molecule has 0 bridgehead atoms. The Morgan fingerprint density at radius 1 is 1.17 bits per heavy atom. The number of hydrogen-bond donors (Lipinski definition) is 4. The molecule has 7 nitrogen and oxygen atoms in total. The van der Waals surface area contributed by atoms with E-state index in [0.29, 0.717) is 6.42 Å². The molecule has 0 aliphatic heterocycles. The number of aliphatic hydroxyl groups excluding tert-OH is 1. The zero-order valence-corrected chi connectivity index (χ0v) is 10.3. The maximum absolute atomic E-state index is 11.4. The van der Waals surface area contributed by atoms with Crippen molar-refractivity contribution in [1.82, 2.24) is 5.32 Å². The topological polar surface area (TPSA) is 124 Å². The smallest absolute Gasteiger partial charge is 0.326 e. The molecule has 0 aromatic rings. The monoisotopic (exact) mass is 261 g/mol. The second-order valence-electron chi connectivity index (χ2n) is 4.04. The SMILES string of the molecule is CCCC(O)CC(=O)N[C@@H](CCC(=O)O)C(=O)O. The quantitative estimate of drug-likeness (QED) is 0.462. The number of nitrogens with one attached hydrogen (secondary N) is 1. The summed E-state index contributed by atoms with van der Waals surface area (Å²) in [5, 5.41) is 28.8. The molecule has 2 atom stereocenters. The standard InChI is InChI=1S/C11H19NO6/c1-2-3-7(13)6-9(14)12-8(11(17)18)4-5-10(15)16/h7-8,13H,2-6H2,1H3,(H,12,14)(H,15,16)(H,17,18)/t7?,8-/m0/s1. The first kappa shape index (κ1) is 16.4. The number of aliphatic carboxylic acids is 2. The van der Waals surface area contributed by atoms with E-state index in [2.05, 4.69) is 5.32 Å². The van der Waals surface area contributed by atoms with Crippen molar-refractivity contribution >= 4 is 17.8 Å². The van der Waals surface area contributed by atoms with E-state index < -0.39 is 30.0 Å². The zero-order valence-electron chi connectivity index (χ0n) is 10.3. The Kier molecular flexibility index (Phi) is 7.69. The Balaban J connectivity index is 4.19. The van der Waals surface area contributed by atoms with Crippen LogP contribution in [0.25, 0.3) is 0 Å². The van der Waals surface area contributed by atoms with Gasteiger partial charge in [-0.25, -0.2) is 4.79 Å². The molecule has 18 heavy (non-hydrogen) atoms. The van der Waals surface area contributed by atoms with Crippen LogP contribution in [0, 0.1) is 0 Å². The van der Waals surface area contributed by atoms with E-state index >= 15 is 0 Å². The van der Waals surface area contributed by atoms with Crippen LogP contribution < -0.4 is 5.32 Å². The van der Waals surface area contributed by atoms with Gasteiger partial charge in [0.15, 0.2) is 0 Å². The maximum atomic E-state index is 11.4. The Labute approximate surface area is 105 Å². The molecule has 0 heterocycles. The van der Waals surface area contributed by atoms with Crippen LogP contribution in [0.5, 0.6) is 0 Å². The van der Waals surface area contributed by atoms with Crippen molar-refractivity contribution < 1.29 is 29.7 Å². The van der Waals surface area contributed by atoms with Gasteiger partial charge in [-0.2, -0.15) is 0 Å². The van der Waals surface area contributed by atoms with Crippen LogP contribution in [0.3, 0.4) is 0 Å². The van der Waals surface area contributed by atoms with Gasteiger partial charge >= 0.3 is 11.9 Å². The molecule has 1 amide bonds. The van der Waals surface area contributed by atoms with E-state index in [4.69, 9.17) is 10.2 Å². The molecule has 0 aromatic heterocycles. The van der Waals surface area contributed by atoms with Gasteiger partial charge < -0.3 is 20.6 Å². The number of carbonyl (C=O) groups is 3. The molecular weight excluding hydrogens is 242 g/mol. The Morgan fingerprint density at radius 3 is 2.22 bits per heavy atom. The molecule has 0 radical (unpaired) electrons. The van der Waals surface area contributed by atoms with E-state index in [-0.39, 0.29) is 19.3 Å². The van der Waals surface area contributed by atoms with Crippen molar-refractivity contribution in [1.29, 1.82) is 0 Å². The van der Waals surface area contributed by atoms with Gasteiger partial charge in [0.1, 0.15) is 6.04 Å². The highest BCUT2D eigenvalue weighted by atomic mass is 16.4. The van der Waals surface area contributed by atoms with E-state index in [1.165, 1.54) is 0 Å². The summed E-state index contributed by atoms with van der Waals surface area (Å²) in [5.74, 6) is -3.00. The lowest BCUT2D eigenvalue weighted by Crippen LogP contribution is -2.42. The zero-order chi connectivity index (χ0) is 14.1. The fourth-order valence-electron chi connectivity index (χ4n) is 1.43. The predicted octanol–water partition coefficient (Wildman–Crippen LogP) is -0.0283. The lowest BCUT2D eigenvalue weighted by Gasteiger charge is -2.15. The number of carboxylic acid groups (broad SMARTS) is 2. The molecule has 4 N–H and O–H groups in total. The number of rotatable bonds is 9. The van der Waals surface area contributed by atoms with Gasteiger partial charge in [-0.1, -0.05) is 13.3 Å². The van der Waals surface area contributed by atoms with Crippen molar-refractivity contribution in [3.8, 4) is 0 Å². The number of carboxylic acids is 2. The number of carbonyl (C=O) groups excluding carboxylic acids is 1. The fraction of sp³-hybridized carbons (Fsp3) is 0.727. The molecule has 0 rings (SSSR count). The van der Waals surface area contributed by atoms with Crippen LogP contribution in [0.4, 0.5) is 0 Å². The summed E-state index contributed by atoms with van der Waals surface area (Å²) >= 11 is 0. The number of amides is 1.